The summed E-state index contributed by atoms with van der Waals surface area (Å²) in [5, 5.41) is 0. The Hall–Kier alpha value is -2.09. The third-order valence-corrected chi connectivity index (χ3v) is 3.72. The maximum Gasteiger partial charge on any atom is 0.167 e. The van der Waals surface area contributed by atoms with Crippen LogP contribution < -0.4 is 4.74 Å². The standard InChI is InChI=1S/C18H18O2/c1-13-4-6-14(7-5-13)11-17(19)15-8-9-18-16(12-15)3-2-10-20-18/h4-9,12H,2-3,10-11H2,1H3. The first-order chi connectivity index (χ1) is 9.72. The third-order valence-electron chi connectivity index (χ3n) is 3.72. The van der Waals surface area contributed by atoms with E-state index in [0.29, 0.717) is 6.42 Å². The first-order valence-electron chi connectivity index (χ1n) is 7.07. The second-order valence-corrected chi connectivity index (χ2v) is 5.36. The smallest absolute Gasteiger partial charge is 0.167 e. The van der Waals surface area contributed by atoms with Crippen LogP contribution >= 0.6 is 0 Å². The molecule has 0 saturated carbocycles. The van der Waals surface area contributed by atoms with Gasteiger partial charge in [0.25, 0.3) is 0 Å². The summed E-state index contributed by atoms with van der Waals surface area (Å²) in [4.78, 5) is 12.3. The average Bonchev–Trinajstić information content (AvgIpc) is 2.49. The van der Waals surface area contributed by atoms with Crippen molar-refractivity contribution < 1.29 is 9.53 Å². The van der Waals surface area contributed by atoms with E-state index in [0.717, 1.165) is 41.9 Å². The Morgan fingerprint density at radius 1 is 1.15 bits per heavy atom. The first-order valence-corrected chi connectivity index (χ1v) is 7.07. The number of carbonyl (C=O) groups excluding carboxylic acids is 1. The van der Waals surface area contributed by atoms with E-state index in [1.54, 1.807) is 0 Å². The number of hydrogen-bond donors (Lipinski definition) is 0. The predicted octanol–water partition coefficient (Wildman–Crippen LogP) is 3.75. The van der Waals surface area contributed by atoms with Crippen molar-refractivity contribution in [3.05, 3.63) is 64.7 Å². The monoisotopic (exact) mass is 266 g/mol. The Morgan fingerprint density at radius 2 is 1.95 bits per heavy atom. The van der Waals surface area contributed by atoms with Gasteiger partial charge in [-0.1, -0.05) is 29.8 Å². The molecule has 0 amide bonds. The molecule has 0 unspecified atom stereocenters. The van der Waals surface area contributed by atoms with Gasteiger partial charge in [0.15, 0.2) is 5.78 Å². The van der Waals surface area contributed by atoms with Gasteiger partial charge < -0.3 is 4.74 Å². The van der Waals surface area contributed by atoms with Crippen LogP contribution in [-0.4, -0.2) is 12.4 Å². The number of Topliss-reactive ketones (excluding diaryl/α,β-unsaturated/α-hetero) is 1. The van der Waals surface area contributed by atoms with E-state index in [1.165, 1.54) is 5.56 Å². The molecule has 1 aliphatic heterocycles. The molecule has 0 N–H and O–H groups in total. The van der Waals surface area contributed by atoms with E-state index in [9.17, 15) is 4.79 Å². The highest BCUT2D eigenvalue weighted by Gasteiger charge is 2.14. The third kappa shape index (κ3) is 2.74. The average molecular weight is 266 g/mol. The highest BCUT2D eigenvalue weighted by Crippen LogP contribution is 2.26. The number of benzene rings is 2. The molecule has 102 valence electrons. The van der Waals surface area contributed by atoms with Gasteiger partial charge in [0.2, 0.25) is 0 Å². The molecular formula is C18H18O2. The van der Waals surface area contributed by atoms with Gasteiger partial charge in [-0.3, -0.25) is 4.79 Å². The number of fused-ring (bicyclic) bond motifs is 1. The Labute approximate surface area is 119 Å². The van der Waals surface area contributed by atoms with Crippen molar-refractivity contribution in [3.8, 4) is 5.75 Å². The highest BCUT2D eigenvalue weighted by molar-refractivity contribution is 5.97. The van der Waals surface area contributed by atoms with Crippen LogP contribution in [0.2, 0.25) is 0 Å². The Bertz CT molecular complexity index is 626. The molecule has 20 heavy (non-hydrogen) atoms. The van der Waals surface area contributed by atoms with E-state index in [1.807, 2.05) is 42.5 Å². The van der Waals surface area contributed by atoms with E-state index < -0.39 is 0 Å². The number of ketones is 1. The Kier molecular flexibility index (Phi) is 3.55. The van der Waals surface area contributed by atoms with Gasteiger partial charge in [-0.05, 0) is 49.1 Å². The second-order valence-electron chi connectivity index (χ2n) is 5.36. The quantitative estimate of drug-likeness (QED) is 0.791. The molecule has 2 aromatic carbocycles. The molecule has 0 atom stereocenters. The molecule has 0 spiro atoms. The van der Waals surface area contributed by atoms with Crippen LogP contribution in [0.15, 0.2) is 42.5 Å². The van der Waals surface area contributed by atoms with Gasteiger partial charge in [-0.25, -0.2) is 0 Å². The molecule has 3 rings (SSSR count). The lowest BCUT2D eigenvalue weighted by Crippen LogP contribution is -2.10. The summed E-state index contributed by atoms with van der Waals surface area (Å²) in [5.74, 6) is 1.10. The fourth-order valence-electron chi connectivity index (χ4n) is 2.53. The van der Waals surface area contributed by atoms with Gasteiger partial charge in [0.05, 0.1) is 6.61 Å². The van der Waals surface area contributed by atoms with E-state index in [-0.39, 0.29) is 5.78 Å². The van der Waals surface area contributed by atoms with Crippen LogP contribution in [0.4, 0.5) is 0 Å². The van der Waals surface area contributed by atoms with Crippen molar-refractivity contribution in [1.29, 1.82) is 0 Å². The van der Waals surface area contributed by atoms with E-state index >= 15 is 0 Å². The minimum atomic E-state index is 0.169. The van der Waals surface area contributed by atoms with Crippen LogP contribution in [0.1, 0.15) is 33.5 Å². The zero-order valence-corrected chi connectivity index (χ0v) is 11.7. The Balaban J connectivity index is 1.78. The zero-order valence-electron chi connectivity index (χ0n) is 11.7. The molecule has 0 aromatic heterocycles. The number of carbonyl (C=O) groups is 1. The SMILES string of the molecule is Cc1ccc(CC(=O)c2ccc3c(c2)CCCO3)cc1. The van der Waals surface area contributed by atoms with Crippen molar-refractivity contribution in [2.45, 2.75) is 26.2 Å². The maximum atomic E-state index is 12.3. The summed E-state index contributed by atoms with van der Waals surface area (Å²) in [6, 6.07) is 13.9. The van der Waals surface area contributed by atoms with Crippen LogP contribution in [0.5, 0.6) is 5.75 Å². The number of aryl methyl sites for hydroxylation is 2. The summed E-state index contributed by atoms with van der Waals surface area (Å²) in [6.45, 7) is 2.83. The van der Waals surface area contributed by atoms with Crippen molar-refractivity contribution >= 4 is 5.78 Å². The van der Waals surface area contributed by atoms with Crippen molar-refractivity contribution in [2.24, 2.45) is 0 Å². The number of rotatable bonds is 3. The second kappa shape index (κ2) is 5.49. The van der Waals surface area contributed by atoms with E-state index in [2.05, 4.69) is 6.92 Å². The molecule has 0 bridgehead atoms. The van der Waals surface area contributed by atoms with E-state index in [4.69, 9.17) is 4.74 Å². The van der Waals surface area contributed by atoms with Crippen molar-refractivity contribution in [2.75, 3.05) is 6.61 Å². The molecule has 1 heterocycles. The zero-order chi connectivity index (χ0) is 13.9. The molecule has 0 saturated heterocycles. The summed E-state index contributed by atoms with van der Waals surface area (Å²) < 4.78 is 5.58. The first kappa shape index (κ1) is 12.9. The van der Waals surface area contributed by atoms with Crippen LogP contribution in [0.25, 0.3) is 0 Å². The fraction of sp³-hybridized carbons (Fsp3) is 0.278. The predicted molar refractivity (Wildman–Crippen MR) is 79.5 cm³/mol. The highest BCUT2D eigenvalue weighted by atomic mass is 16.5. The Morgan fingerprint density at radius 3 is 2.75 bits per heavy atom. The summed E-state index contributed by atoms with van der Waals surface area (Å²) in [5.41, 5.74) is 4.22. The summed E-state index contributed by atoms with van der Waals surface area (Å²) in [6.07, 6.45) is 2.49. The lowest BCUT2D eigenvalue weighted by Gasteiger charge is -2.17. The van der Waals surface area contributed by atoms with Gasteiger partial charge in [0, 0.05) is 12.0 Å². The molecule has 0 radical (unpaired) electrons. The molecule has 2 nitrogen and oxygen atoms in total. The van der Waals surface area contributed by atoms with Gasteiger partial charge in [0.1, 0.15) is 5.75 Å². The van der Waals surface area contributed by atoms with Gasteiger partial charge in [-0.2, -0.15) is 0 Å². The number of hydrogen-bond acceptors (Lipinski definition) is 2. The number of ether oxygens (including phenoxy) is 1. The fourth-order valence-corrected chi connectivity index (χ4v) is 2.53. The minimum Gasteiger partial charge on any atom is -0.493 e. The maximum absolute atomic E-state index is 12.3. The van der Waals surface area contributed by atoms with Crippen molar-refractivity contribution in [1.82, 2.24) is 0 Å². The van der Waals surface area contributed by atoms with Gasteiger partial charge in [-0.15, -0.1) is 0 Å². The van der Waals surface area contributed by atoms with Crippen molar-refractivity contribution in [3.63, 3.8) is 0 Å². The lowest BCUT2D eigenvalue weighted by molar-refractivity contribution is 0.0993. The lowest BCUT2D eigenvalue weighted by atomic mass is 9.98. The molecular weight excluding hydrogens is 248 g/mol. The summed E-state index contributed by atoms with van der Waals surface area (Å²) in [7, 11) is 0. The van der Waals surface area contributed by atoms with Crippen LogP contribution in [-0.2, 0) is 12.8 Å². The minimum absolute atomic E-state index is 0.169. The molecule has 0 aliphatic carbocycles. The summed E-state index contributed by atoms with van der Waals surface area (Å²) >= 11 is 0. The molecule has 1 aliphatic rings. The molecule has 0 fully saturated rings. The van der Waals surface area contributed by atoms with Crippen LogP contribution in [0.3, 0.4) is 0 Å². The largest absolute Gasteiger partial charge is 0.493 e. The normalized spacial score (nSPS) is 13.4. The van der Waals surface area contributed by atoms with Gasteiger partial charge >= 0.3 is 0 Å². The van der Waals surface area contributed by atoms with Crippen LogP contribution in [0, 0.1) is 6.92 Å². The molecule has 2 heteroatoms. The molecule has 2 aromatic rings. The topological polar surface area (TPSA) is 26.3 Å².